The molecule has 0 fully saturated rings. The van der Waals surface area contributed by atoms with Crippen molar-refractivity contribution < 1.29 is 0 Å². The molecule has 2 aromatic heterocycles. The van der Waals surface area contributed by atoms with Crippen molar-refractivity contribution in [1.29, 1.82) is 0 Å². The van der Waals surface area contributed by atoms with Crippen LogP contribution in [0.3, 0.4) is 0 Å². The average Bonchev–Trinajstić information content (AvgIpc) is 2.59. The number of fused-ring (bicyclic) bond motifs is 1. The lowest BCUT2D eigenvalue weighted by Crippen LogP contribution is -2.22. The Hall–Kier alpha value is -1.79. The fourth-order valence-corrected chi connectivity index (χ4v) is 3.60. The predicted molar refractivity (Wildman–Crippen MR) is 96.4 cm³/mol. The topological polar surface area (TPSA) is 47.8 Å². The van der Waals surface area contributed by atoms with Crippen LogP contribution in [0.25, 0.3) is 11.0 Å². The van der Waals surface area contributed by atoms with Gasteiger partial charge < -0.3 is 0 Å². The quantitative estimate of drug-likeness (QED) is 0.516. The van der Waals surface area contributed by atoms with Crippen LogP contribution in [0.4, 0.5) is 0 Å². The molecule has 0 aliphatic heterocycles. The number of pyridine rings is 1. The first-order chi connectivity index (χ1) is 11.2. The standard InChI is InChI=1S/C17H17N3OS2/c1-3-9-20-15-12(11-18-17(19-15)22-2)10-14(16(20)21)23-13-7-5-4-6-8-13/h4-8,10-11H,3,9H2,1-2H3. The minimum Gasteiger partial charge on any atom is -0.292 e. The molecule has 0 N–H and O–H groups in total. The second-order valence-corrected chi connectivity index (χ2v) is 6.90. The summed E-state index contributed by atoms with van der Waals surface area (Å²) < 4.78 is 1.77. The molecule has 0 saturated heterocycles. The van der Waals surface area contributed by atoms with Crippen molar-refractivity contribution >= 4 is 34.6 Å². The largest absolute Gasteiger partial charge is 0.292 e. The SMILES string of the molecule is CCCn1c(=O)c(Sc2ccccc2)cc2cnc(SC)nc21. The molecule has 0 aliphatic rings. The van der Waals surface area contributed by atoms with Gasteiger partial charge in [-0.25, -0.2) is 9.97 Å². The van der Waals surface area contributed by atoms with E-state index in [4.69, 9.17) is 0 Å². The number of thioether (sulfide) groups is 1. The van der Waals surface area contributed by atoms with E-state index in [2.05, 4.69) is 16.9 Å². The zero-order valence-corrected chi connectivity index (χ0v) is 14.7. The summed E-state index contributed by atoms with van der Waals surface area (Å²) in [5.41, 5.74) is 0.729. The van der Waals surface area contributed by atoms with Crippen molar-refractivity contribution in [2.75, 3.05) is 6.26 Å². The number of rotatable bonds is 5. The third kappa shape index (κ3) is 3.43. The van der Waals surface area contributed by atoms with Crippen molar-refractivity contribution in [3.05, 3.63) is 52.9 Å². The number of aromatic nitrogens is 3. The van der Waals surface area contributed by atoms with Gasteiger partial charge in [-0.2, -0.15) is 0 Å². The molecule has 23 heavy (non-hydrogen) atoms. The highest BCUT2D eigenvalue weighted by molar-refractivity contribution is 7.99. The van der Waals surface area contributed by atoms with Crippen LogP contribution in [0.5, 0.6) is 0 Å². The molecule has 0 bridgehead atoms. The summed E-state index contributed by atoms with van der Waals surface area (Å²) in [6, 6.07) is 11.8. The van der Waals surface area contributed by atoms with Crippen LogP contribution in [0.1, 0.15) is 13.3 Å². The van der Waals surface area contributed by atoms with Crippen LogP contribution < -0.4 is 5.56 Å². The Morgan fingerprint density at radius 3 is 2.70 bits per heavy atom. The summed E-state index contributed by atoms with van der Waals surface area (Å²) in [6.45, 7) is 2.72. The molecule has 2 heterocycles. The lowest BCUT2D eigenvalue weighted by molar-refractivity contribution is 0.658. The monoisotopic (exact) mass is 343 g/mol. The summed E-state index contributed by atoms with van der Waals surface area (Å²) in [5, 5.41) is 1.58. The average molecular weight is 343 g/mol. The van der Waals surface area contributed by atoms with Gasteiger partial charge in [0.1, 0.15) is 5.65 Å². The van der Waals surface area contributed by atoms with Crippen LogP contribution in [0.2, 0.25) is 0 Å². The summed E-state index contributed by atoms with van der Waals surface area (Å²) in [4.78, 5) is 23.5. The normalized spacial score (nSPS) is 11.0. The van der Waals surface area contributed by atoms with Crippen LogP contribution in [0.15, 0.2) is 62.3 Å². The van der Waals surface area contributed by atoms with E-state index in [0.29, 0.717) is 22.2 Å². The van der Waals surface area contributed by atoms with E-state index in [0.717, 1.165) is 16.7 Å². The summed E-state index contributed by atoms with van der Waals surface area (Å²) in [5.74, 6) is 0. The Morgan fingerprint density at radius 1 is 1.22 bits per heavy atom. The fourth-order valence-electron chi connectivity index (χ4n) is 2.33. The molecule has 0 amide bonds. The molecule has 0 atom stereocenters. The maximum Gasteiger partial charge on any atom is 0.266 e. The Bertz CT molecular complexity index is 878. The van der Waals surface area contributed by atoms with Gasteiger partial charge in [0.25, 0.3) is 5.56 Å². The van der Waals surface area contributed by atoms with Gasteiger partial charge in [-0.1, -0.05) is 48.6 Å². The fraction of sp³-hybridized carbons (Fsp3) is 0.235. The third-order valence-corrected chi connectivity index (χ3v) is 4.95. The molecule has 3 rings (SSSR count). The van der Waals surface area contributed by atoms with Gasteiger partial charge in [-0.3, -0.25) is 9.36 Å². The Kier molecular flexibility index (Phi) is 5.03. The molecule has 1 aromatic carbocycles. The number of aryl methyl sites for hydroxylation is 1. The molecule has 0 aliphatic carbocycles. The highest BCUT2D eigenvalue weighted by atomic mass is 32.2. The van der Waals surface area contributed by atoms with Crippen LogP contribution in [0, 0.1) is 0 Å². The first-order valence-electron chi connectivity index (χ1n) is 7.40. The van der Waals surface area contributed by atoms with Crippen LogP contribution in [-0.4, -0.2) is 20.8 Å². The second-order valence-electron chi connectivity index (χ2n) is 5.02. The van der Waals surface area contributed by atoms with E-state index in [9.17, 15) is 4.79 Å². The van der Waals surface area contributed by atoms with Gasteiger partial charge in [0, 0.05) is 23.0 Å². The van der Waals surface area contributed by atoms with Gasteiger partial charge in [-0.15, -0.1) is 0 Å². The van der Waals surface area contributed by atoms with E-state index in [1.165, 1.54) is 23.5 Å². The van der Waals surface area contributed by atoms with Crippen molar-refractivity contribution in [2.45, 2.75) is 34.8 Å². The maximum atomic E-state index is 12.9. The van der Waals surface area contributed by atoms with E-state index in [1.54, 1.807) is 10.8 Å². The highest BCUT2D eigenvalue weighted by Crippen LogP contribution is 2.27. The summed E-state index contributed by atoms with van der Waals surface area (Å²) in [7, 11) is 0. The van der Waals surface area contributed by atoms with Crippen molar-refractivity contribution in [3.63, 3.8) is 0 Å². The van der Waals surface area contributed by atoms with Crippen LogP contribution >= 0.6 is 23.5 Å². The van der Waals surface area contributed by atoms with Gasteiger partial charge in [0.05, 0.1) is 4.90 Å². The zero-order valence-electron chi connectivity index (χ0n) is 13.0. The Balaban J connectivity index is 2.16. The Morgan fingerprint density at radius 2 is 2.00 bits per heavy atom. The minimum atomic E-state index is 0.0129. The van der Waals surface area contributed by atoms with E-state index in [1.807, 2.05) is 42.7 Å². The summed E-state index contributed by atoms with van der Waals surface area (Å²) >= 11 is 2.97. The molecule has 0 saturated carbocycles. The van der Waals surface area contributed by atoms with Gasteiger partial charge in [0.15, 0.2) is 5.16 Å². The maximum absolute atomic E-state index is 12.9. The molecular weight excluding hydrogens is 326 g/mol. The molecular formula is C17H17N3OS2. The molecule has 118 valence electrons. The molecule has 0 radical (unpaired) electrons. The lowest BCUT2D eigenvalue weighted by atomic mass is 10.3. The first kappa shape index (κ1) is 16.1. The highest BCUT2D eigenvalue weighted by Gasteiger charge is 2.12. The zero-order chi connectivity index (χ0) is 16.2. The first-order valence-corrected chi connectivity index (χ1v) is 9.44. The smallest absolute Gasteiger partial charge is 0.266 e. The lowest BCUT2D eigenvalue weighted by Gasteiger charge is -2.11. The number of nitrogens with zero attached hydrogens (tertiary/aromatic N) is 3. The Labute approximate surface area is 143 Å². The molecule has 0 spiro atoms. The van der Waals surface area contributed by atoms with E-state index >= 15 is 0 Å². The number of hydrogen-bond donors (Lipinski definition) is 0. The van der Waals surface area contributed by atoms with Crippen molar-refractivity contribution in [1.82, 2.24) is 14.5 Å². The number of hydrogen-bond acceptors (Lipinski definition) is 5. The predicted octanol–water partition coefficient (Wildman–Crippen LogP) is 4.07. The van der Waals surface area contributed by atoms with E-state index in [-0.39, 0.29) is 5.56 Å². The molecule has 6 heteroatoms. The van der Waals surface area contributed by atoms with Gasteiger partial charge >= 0.3 is 0 Å². The third-order valence-electron chi connectivity index (χ3n) is 3.37. The van der Waals surface area contributed by atoms with Gasteiger partial charge in [0.2, 0.25) is 0 Å². The van der Waals surface area contributed by atoms with Crippen LogP contribution in [-0.2, 0) is 6.54 Å². The molecule has 0 unspecified atom stereocenters. The molecule has 4 nitrogen and oxygen atoms in total. The molecule has 3 aromatic rings. The van der Waals surface area contributed by atoms with Crippen molar-refractivity contribution in [2.24, 2.45) is 0 Å². The van der Waals surface area contributed by atoms with Gasteiger partial charge in [-0.05, 0) is 30.9 Å². The second kappa shape index (κ2) is 7.19. The minimum absolute atomic E-state index is 0.0129. The van der Waals surface area contributed by atoms with Crippen molar-refractivity contribution in [3.8, 4) is 0 Å². The van der Waals surface area contributed by atoms with E-state index < -0.39 is 0 Å². The summed E-state index contributed by atoms with van der Waals surface area (Å²) in [6.07, 6.45) is 4.62. The number of benzene rings is 1.